The summed E-state index contributed by atoms with van der Waals surface area (Å²) in [6.07, 6.45) is -0.790. The van der Waals surface area contributed by atoms with Gasteiger partial charge in [0.05, 0.1) is 6.61 Å². The fraction of sp³-hybridized carbons (Fsp3) is 1.00. The van der Waals surface area contributed by atoms with Crippen LogP contribution in [0.3, 0.4) is 0 Å². The van der Waals surface area contributed by atoms with E-state index < -0.39 is 30.7 Å². The highest BCUT2D eigenvalue weighted by atomic mass is 16.7. The van der Waals surface area contributed by atoms with Crippen LogP contribution in [0.4, 0.5) is 0 Å². The minimum absolute atomic E-state index is 0.266. The number of nitrogens with zero attached hydrogens (tertiary/aromatic N) is 1. The second-order valence-corrected chi connectivity index (χ2v) is 5.24. The Morgan fingerprint density at radius 2 is 2.16 bits per heavy atom. The van der Waals surface area contributed by atoms with Gasteiger partial charge in [0.1, 0.15) is 24.9 Å². The molecule has 4 N–H and O–H groups in total. The highest BCUT2D eigenvalue weighted by Gasteiger charge is 2.53. The molecule has 19 heavy (non-hydrogen) atoms. The Hall–Kier alpha value is -0.280. The molecule has 2 rings (SSSR count). The predicted molar refractivity (Wildman–Crippen MR) is 64.9 cm³/mol. The van der Waals surface area contributed by atoms with Gasteiger partial charge in [-0.05, 0) is 19.3 Å². The summed E-state index contributed by atoms with van der Waals surface area (Å²) in [5.41, 5.74) is 0. The molecule has 7 nitrogen and oxygen atoms in total. The zero-order chi connectivity index (χ0) is 14.0. The van der Waals surface area contributed by atoms with E-state index in [0.717, 1.165) is 25.8 Å². The Balaban J connectivity index is 1.91. The van der Waals surface area contributed by atoms with Crippen molar-refractivity contribution < 1.29 is 30.0 Å². The number of aliphatic hydroxyl groups is 4. The van der Waals surface area contributed by atoms with Gasteiger partial charge in [-0.3, -0.25) is 4.84 Å². The van der Waals surface area contributed by atoms with Gasteiger partial charge in [-0.1, -0.05) is 6.92 Å². The molecule has 112 valence electrons. The molecule has 0 amide bonds. The van der Waals surface area contributed by atoms with Crippen LogP contribution in [0.15, 0.2) is 0 Å². The van der Waals surface area contributed by atoms with Gasteiger partial charge in [0, 0.05) is 12.6 Å². The summed E-state index contributed by atoms with van der Waals surface area (Å²) in [6.45, 7) is 2.10. The molecule has 0 aromatic heterocycles. The minimum atomic E-state index is -1.98. The van der Waals surface area contributed by atoms with Crippen LogP contribution in [0.2, 0.25) is 0 Å². The summed E-state index contributed by atoms with van der Waals surface area (Å²) in [5, 5.41) is 40.3. The molecule has 0 bridgehead atoms. The highest BCUT2D eigenvalue weighted by Crippen LogP contribution is 2.30. The van der Waals surface area contributed by atoms with E-state index in [0.29, 0.717) is 6.04 Å². The second kappa shape index (κ2) is 6.01. The highest BCUT2D eigenvalue weighted by molar-refractivity contribution is 4.95. The maximum Gasteiger partial charge on any atom is 0.221 e. The van der Waals surface area contributed by atoms with Crippen molar-refractivity contribution in [3.05, 3.63) is 0 Å². The largest absolute Gasteiger partial charge is 0.394 e. The first-order chi connectivity index (χ1) is 9.01. The Labute approximate surface area is 112 Å². The molecule has 5 atom stereocenters. The van der Waals surface area contributed by atoms with Crippen LogP contribution in [0.1, 0.15) is 26.2 Å². The van der Waals surface area contributed by atoms with Crippen molar-refractivity contribution >= 4 is 0 Å². The fourth-order valence-corrected chi connectivity index (χ4v) is 2.70. The molecular weight excluding hydrogens is 254 g/mol. The van der Waals surface area contributed by atoms with E-state index in [-0.39, 0.29) is 6.61 Å². The molecule has 1 unspecified atom stereocenters. The van der Waals surface area contributed by atoms with Crippen LogP contribution < -0.4 is 0 Å². The van der Waals surface area contributed by atoms with Crippen LogP contribution in [0.25, 0.3) is 0 Å². The topological polar surface area (TPSA) is 103 Å². The first-order valence-corrected chi connectivity index (χ1v) is 6.78. The third kappa shape index (κ3) is 2.92. The van der Waals surface area contributed by atoms with Gasteiger partial charge in [0.2, 0.25) is 5.79 Å². The lowest BCUT2D eigenvalue weighted by Crippen LogP contribution is -2.48. The zero-order valence-electron chi connectivity index (χ0n) is 11.1. The maximum atomic E-state index is 10.2. The number of hydrogen-bond donors (Lipinski definition) is 4. The van der Waals surface area contributed by atoms with Crippen molar-refractivity contribution in [2.75, 3.05) is 19.8 Å². The van der Waals surface area contributed by atoms with E-state index in [1.54, 1.807) is 5.06 Å². The van der Waals surface area contributed by atoms with Crippen LogP contribution in [0.5, 0.6) is 0 Å². The van der Waals surface area contributed by atoms with Crippen molar-refractivity contribution in [2.24, 2.45) is 0 Å². The molecular formula is C12H23NO6. The summed E-state index contributed by atoms with van der Waals surface area (Å²) in [6, 6.07) is 0.306. The predicted octanol–water partition coefficient (Wildman–Crippen LogP) is -1.41. The Morgan fingerprint density at radius 3 is 2.74 bits per heavy atom. The lowest BCUT2D eigenvalue weighted by Gasteiger charge is -2.30. The molecule has 2 saturated heterocycles. The van der Waals surface area contributed by atoms with Gasteiger partial charge >= 0.3 is 0 Å². The summed E-state index contributed by atoms with van der Waals surface area (Å²) in [4.78, 5) is 5.51. The molecule has 2 aliphatic heterocycles. The van der Waals surface area contributed by atoms with E-state index in [2.05, 4.69) is 6.92 Å². The third-order valence-corrected chi connectivity index (χ3v) is 3.93. The quantitative estimate of drug-likeness (QED) is 0.490. The Kier molecular flexibility index (Phi) is 4.78. The molecule has 2 fully saturated rings. The van der Waals surface area contributed by atoms with Crippen molar-refractivity contribution in [3.63, 3.8) is 0 Å². The first-order valence-electron chi connectivity index (χ1n) is 6.78. The fourth-order valence-electron chi connectivity index (χ4n) is 2.70. The van der Waals surface area contributed by atoms with Crippen molar-refractivity contribution in [1.82, 2.24) is 5.06 Å². The standard InChI is InChI=1S/C12H23NO6/c1-2-8-4-3-5-13(8)18-7-12(17)11(16)10(15)9(6-14)19-12/h8-11,14-17H,2-7H2,1H3/t8?,9-,10+,11-,12+/m0/s1. The lowest BCUT2D eigenvalue weighted by molar-refractivity contribution is -0.299. The summed E-state index contributed by atoms with van der Waals surface area (Å²) >= 11 is 0. The SMILES string of the molecule is CCC1CCCN1OC[C@@]1(O)O[C@@H](CO)[C@@H](O)[C@@H]1O. The normalized spacial score (nSPS) is 44.1. The molecule has 0 aromatic carbocycles. The smallest absolute Gasteiger partial charge is 0.221 e. The monoisotopic (exact) mass is 277 g/mol. The second-order valence-electron chi connectivity index (χ2n) is 5.24. The van der Waals surface area contributed by atoms with E-state index in [9.17, 15) is 15.3 Å². The van der Waals surface area contributed by atoms with Gasteiger partial charge in [-0.15, -0.1) is 0 Å². The lowest BCUT2D eigenvalue weighted by atomic mass is 10.1. The maximum absolute atomic E-state index is 10.2. The Bertz CT molecular complexity index is 304. The van der Waals surface area contributed by atoms with Crippen LogP contribution in [0, 0.1) is 0 Å². The van der Waals surface area contributed by atoms with E-state index in [4.69, 9.17) is 14.7 Å². The van der Waals surface area contributed by atoms with E-state index in [1.165, 1.54) is 0 Å². The van der Waals surface area contributed by atoms with Gasteiger partial charge in [0.15, 0.2) is 0 Å². The summed E-state index contributed by atoms with van der Waals surface area (Å²) in [7, 11) is 0. The molecule has 2 heterocycles. The summed E-state index contributed by atoms with van der Waals surface area (Å²) < 4.78 is 5.11. The molecule has 0 radical (unpaired) electrons. The Morgan fingerprint density at radius 1 is 1.42 bits per heavy atom. The van der Waals surface area contributed by atoms with E-state index in [1.807, 2.05) is 0 Å². The number of rotatable bonds is 5. The van der Waals surface area contributed by atoms with Gasteiger partial charge in [-0.2, -0.15) is 5.06 Å². The molecule has 0 spiro atoms. The van der Waals surface area contributed by atoms with E-state index >= 15 is 0 Å². The molecule has 0 saturated carbocycles. The summed E-state index contributed by atoms with van der Waals surface area (Å²) in [5.74, 6) is -1.98. The first kappa shape index (κ1) is 15.1. The molecule has 2 aliphatic rings. The van der Waals surface area contributed by atoms with Crippen molar-refractivity contribution in [3.8, 4) is 0 Å². The number of ether oxygens (including phenoxy) is 1. The molecule has 7 heteroatoms. The van der Waals surface area contributed by atoms with Gasteiger partial charge in [0.25, 0.3) is 0 Å². The number of hydrogen-bond acceptors (Lipinski definition) is 7. The van der Waals surface area contributed by atoms with Crippen LogP contribution in [-0.4, -0.2) is 75.4 Å². The molecule has 0 aliphatic carbocycles. The zero-order valence-corrected chi connectivity index (χ0v) is 11.1. The van der Waals surface area contributed by atoms with Crippen molar-refractivity contribution in [2.45, 2.75) is 56.3 Å². The average Bonchev–Trinajstić information content (AvgIpc) is 2.95. The number of aliphatic hydroxyl groups excluding tert-OH is 3. The van der Waals surface area contributed by atoms with Gasteiger partial charge in [-0.25, -0.2) is 0 Å². The van der Waals surface area contributed by atoms with Gasteiger partial charge < -0.3 is 25.2 Å². The van der Waals surface area contributed by atoms with Crippen LogP contribution in [-0.2, 0) is 9.57 Å². The van der Waals surface area contributed by atoms with Crippen LogP contribution >= 0.6 is 0 Å². The average molecular weight is 277 g/mol. The number of hydroxylamine groups is 2. The minimum Gasteiger partial charge on any atom is -0.394 e. The van der Waals surface area contributed by atoms with Crippen molar-refractivity contribution in [1.29, 1.82) is 0 Å². The molecule has 0 aromatic rings. The third-order valence-electron chi connectivity index (χ3n) is 3.93.